The maximum Gasteiger partial charge on any atom is 0.224 e. The van der Waals surface area contributed by atoms with Gasteiger partial charge in [0.15, 0.2) is 0 Å². The van der Waals surface area contributed by atoms with Gasteiger partial charge in [-0.25, -0.2) is 0 Å². The van der Waals surface area contributed by atoms with Gasteiger partial charge in [0.25, 0.3) is 0 Å². The second kappa shape index (κ2) is 5.71. The lowest BCUT2D eigenvalue weighted by Crippen LogP contribution is -2.25. The van der Waals surface area contributed by atoms with Crippen LogP contribution in [0.4, 0.5) is 0 Å². The molecule has 78 valence electrons. The number of nitrogens with one attached hydrogen (secondary N) is 1. The molecule has 0 fully saturated rings. The minimum absolute atomic E-state index is 0.0593. The lowest BCUT2D eigenvalue weighted by atomic mass is 10.1. The molecule has 0 aliphatic heterocycles. The van der Waals surface area contributed by atoms with Crippen molar-refractivity contribution in [1.29, 1.82) is 0 Å². The Kier molecular flexibility index (Phi) is 4.24. The van der Waals surface area contributed by atoms with Crippen LogP contribution in [0.25, 0.3) is 0 Å². The van der Waals surface area contributed by atoms with Crippen LogP contribution in [0.2, 0.25) is 0 Å². The first-order chi connectivity index (χ1) is 7.22. The van der Waals surface area contributed by atoms with Crippen molar-refractivity contribution in [2.45, 2.75) is 12.8 Å². The van der Waals surface area contributed by atoms with Gasteiger partial charge < -0.3 is 10.4 Å². The van der Waals surface area contributed by atoms with Gasteiger partial charge in [-0.2, -0.15) is 0 Å². The van der Waals surface area contributed by atoms with E-state index in [0.717, 1.165) is 5.56 Å². The predicted molar refractivity (Wildman–Crippen MR) is 58.3 cm³/mol. The maximum atomic E-state index is 11.3. The van der Waals surface area contributed by atoms with Gasteiger partial charge in [0.2, 0.25) is 5.91 Å². The van der Waals surface area contributed by atoms with Crippen LogP contribution in [-0.4, -0.2) is 17.6 Å². The molecular weight excluding hydrogens is 190 g/mol. The minimum Gasteiger partial charge on any atom is -0.508 e. The van der Waals surface area contributed by atoms with Crippen LogP contribution in [0, 0.1) is 12.3 Å². The summed E-state index contributed by atoms with van der Waals surface area (Å²) in [5, 5.41) is 11.7. The Morgan fingerprint density at radius 2 is 2.07 bits per heavy atom. The Balaban J connectivity index is 2.38. The third kappa shape index (κ3) is 4.19. The van der Waals surface area contributed by atoms with E-state index in [1.807, 2.05) is 0 Å². The molecular formula is C12H13NO2. The van der Waals surface area contributed by atoms with Gasteiger partial charge in [-0.1, -0.05) is 12.1 Å². The number of terminal acetylenes is 1. The molecule has 1 aromatic carbocycles. The second-order valence-electron chi connectivity index (χ2n) is 3.15. The maximum absolute atomic E-state index is 11.3. The van der Waals surface area contributed by atoms with Gasteiger partial charge in [0.1, 0.15) is 5.75 Å². The molecule has 3 heteroatoms. The van der Waals surface area contributed by atoms with E-state index in [-0.39, 0.29) is 11.7 Å². The quantitative estimate of drug-likeness (QED) is 0.568. The number of rotatable bonds is 4. The molecule has 0 heterocycles. The molecule has 0 saturated heterocycles. The number of aromatic hydroxyl groups is 1. The number of phenolic OH excluding ortho intramolecular Hbond substituents is 1. The van der Waals surface area contributed by atoms with Gasteiger partial charge in [-0.3, -0.25) is 4.79 Å². The van der Waals surface area contributed by atoms with Crippen molar-refractivity contribution in [3.63, 3.8) is 0 Å². The lowest BCUT2D eigenvalue weighted by molar-refractivity contribution is -0.120. The molecule has 1 aromatic rings. The summed E-state index contributed by atoms with van der Waals surface area (Å²) in [4.78, 5) is 11.3. The molecule has 0 atom stereocenters. The first-order valence-electron chi connectivity index (χ1n) is 4.70. The number of carbonyl (C=O) groups is 1. The molecule has 1 amide bonds. The summed E-state index contributed by atoms with van der Waals surface area (Å²) >= 11 is 0. The second-order valence-corrected chi connectivity index (χ2v) is 3.15. The molecule has 0 unspecified atom stereocenters. The zero-order valence-electron chi connectivity index (χ0n) is 8.36. The number of benzene rings is 1. The third-order valence-corrected chi connectivity index (χ3v) is 1.89. The highest BCUT2D eigenvalue weighted by molar-refractivity contribution is 5.78. The van der Waals surface area contributed by atoms with Crippen molar-refractivity contribution in [2.75, 3.05) is 6.54 Å². The van der Waals surface area contributed by atoms with Crippen LogP contribution >= 0.6 is 0 Å². The molecule has 0 radical (unpaired) electrons. The van der Waals surface area contributed by atoms with E-state index in [4.69, 9.17) is 11.5 Å². The number of hydrogen-bond acceptors (Lipinski definition) is 2. The highest BCUT2D eigenvalue weighted by atomic mass is 16.3. The van der Waals surface area contributed by atoms with Crippen LogP contribution in [0.5, 0.6) is 5.75 Å². The fraction of sp³-hybridized carbons (Fsp3) is 0.250. The largest absolute Gasteiger partial charge is 0.508 e. The van der Waals surface area contributed by atoms with E-state index in [1.165, 1.54) is 0 Å². The van der Waals surface area contributed by atoms with Crippen molar-refractivity contribution < 1.29 is 9.90 Å². The molecule has 3 nitrogen and oxygen atoms in total. The predicted octanol–water partition coefficient (Wildman–Crippen LogP) is 1.07. The summed E-state index contributed by atoms with van der Waals surface area (Å²) in [6.45, 7) is 0.507. The van der Waals surface area contributed by atoms with E-state index in [9.17, 15) is 4.79 Å². The number of amides is 1. The molecule has 15 heavy (non-hydrogen) atoms. The van der Waals surface area contributed by atoms with Gasteiger partial charge in [0, 0.05) is 13.0 Å². The Hall–Kier alpha value is -1.95. The average molecular weight is 203 g/mol. The monoisotopic (exact) mass is 203 g/mol. The van der Waals surface area contributed by atoms with Crippen molar-refractivity contribution >= 4 is 5.91 Å². The van der Waals surface area contributed by atoms with E-state index in [1.54, 1.807) is 24.3 Å². The van der Waals surface area contributed by atoms with Crippen LogP contribution in [-0.2, 0) is 11.2 Å². The molecule has 0 aliphatic rings. The topological polar surface area (TPSA) is 49.3 Å². The van der Waals surface area contributed by atoms with Gasteiger partial charge in [0.05, 0.1) is 6.42 Å². The fourth-order valence-corrected chi connectivity index (χ4v) is 1.14. The average Bonchev–Trinajstić information content (AvgIpc) is 2.22. The molecule has 0 aromatic heterocycles. The van der Waals surface area contributed by atoms with Crippen LogP contribution in [0.15, 0.2) is 24.3 Å². The summed E-state index contributed by atoms with van der Waals surface area (Å²) in [5.41, 5.74) is 0.867. The van der Waals surface area contributed by atoms with E-state index < -0.39 is 0 Å². The molecule has 0 bridgehead atoms. The van der Waals surface area contributed by atoms with Crippen molar-refractivity contribution in [1.82, 2.24) is 5.32 Å². The fourth-order valence-electron chi connectivity index (χ4n) is 1.14. The Bertz CT molecular complexity index is 362. The van der Waals surface area contributed by atoms with E-state index >= 15 is 0 Å². The van der Waals surface area contributed by atoms with Crippen molar-refractivity contribution in [2.24, 2.45) is 0 Å². The van der Waals surface area contributed by atoms with Gasteiger partial charge in [-0.15, -0.1) is 12.3 Å². The zero-order chi connectivity index (χ0) is 11.1. The summed E-state index contributed by atoms with van der Waals surface area (Å²) in [6.07, 6.45) is 5.91. The summed E-state index contributed by atoms with van der Waals surface area (Å²) in [7, 11) is 0. The minimum atomic E-state index is -0.0593. The molecule has 0 aliphatic carbocycles. The van der Waals surface area contributed by atoms with Crippen molar-refractivity contribution in [3.8, 4) is 18.1 Å². The summed E-state index contributed by atoms with van der Waals surface area (Å²) in [5.74, 6) is 2.59. The molecule has 0 saturated carbocycles. The smallest absolute Gasteiger partial charge is 0.224 e. The SMILES string of the molecule is C#CCCNC(=O)Cc1ccc(O)cc1. The first kappa shape index (κ1) is 11.1. The Morgan fingerprint density at radius 3 is 2.67 bits per heavy atom. The van der Waals surface area contributed by atoms with E-state index in [0.29, 0.717) is 19.4 Å². The standard InChI is InChI=1S/C12H13NO2/c1-2-3-8-13-12(15)9-10-4-6-11(14)7-5-10/h1,4-7,14H,3,8-9H2,(H,13,15). The number of carbonyl (C=O) groups excluding carboxylic acids is 1. The zero-order valence-corrected chi connectivity index (χ0v) is 8.36. The highest BCUT2D eigenvalue weighted by Crippen LogP contribution is 2.09. The third-order valence-electron chi connectivity index (χ3n) is 1.89. The molecule has 2 N–H and O–H groups in total. The lowest BCUT2D eigenvalue weighted by Gasteiger charge is -2.03. The van der Waals surface area contributed by atoms with Gasteiger partial charge >= 0.3 is 0 Å². The Morgan fingerprint density at radius 1 is 1.40 bits per heavy atom. The number of phenols is 1. The van der Waals surface area contributed by atoms with Crippen LogP contribution in [0.1, 0.15) is 12.0 Å². The highest BCUT2D eigenvalue weighted by Gasteiger charge is 2.01. The van der Waals surface area contributed by atoms with Crippen LogP contribution < -0.4 is 5.32 Å². The van der Waals surface area contributed by atoms with E-state index in [2.05, 4.69) is 11.2 Å². The summed E-state index contributed by atoms with van der Waals surface area (Å²) in [6, 6.07) is 6.56. The summed E-state index contributed by atoms with van der Waals surface area (Å²) < 4.78 is 0. The van der Waals surface area contributed by atoms with Crippen LogP contribution in [0.3, 0.4) is 0 Å². The molecule has 1 rings (SSSR count). The number of hydrogen-bond donors (Lipinski definition) is 2. The van der Waals surface area contributed by atoms with Crippen molar-refractivity contribution in [3.05, 3.63) is 29.8 Å². The first-order valence-corrected chi connectivity index (χ1v) is 4.70. The van der Waals surface area contributed by atoms with Gasteiger partial charge in [-0.05, 0) is 17.7 Å². The normalized spacial score (nSPS) is 9.27. The molecule has 0 spiro atoms. The Labute approximate surface area is 89.1 Å².